The minimum Gasteiger partial charge on any atom is -0.496 e. The minimum atomic E-state index is -0.0748. The summed E-state index contributed by atoms with van der Waals surface area (Å²) in [6, 6.07) is 13.8. The largest absolute Gasteiger partial charge is 0.496 e. The highest BCUT2D eigenvalue weighted by molar-refractivity contribution is 5.99. The molecule has 1 amide bonds. The monoisotopic (exact) mass is 267 g/mol. The molecular weight excluding hydrogens is 250 g/mol. The van der Waals surface area contributed by atoms with Gasteiger partial charge in [0.05, 0.1) is 13.2 Å². The van der Waals surface area contributed by atoms with Crippen molar-refractivity contribution in [3.05, 3.63) is 64.7 Å². The minimum absolute atomic E-state index is 0.0691. The van der Waals surface area contributed by atoms with Gasteiger partial charge in [0.15, 0.2) is 0 Å². The number of fused-ring (bicyclic) bond motifs is 1. The van der Waals surface area contributed by atoms with E-state index in [2.05, 4.69) is 0 Å². The number of ether oxygens (including phenoxy) is 1. The first-order valence-corrected chi connectivity index (χ1v) is 6.64. The van der Waals surface area contributed by atoms with Crippen molar-refractivity contribution in [2.75, 3.05) is 14.2 Å². The first kappa shape index (κ1) is 12.7. The molecule has 1 aliphatic rings. The van der Waals surface area contributed by atoms with Gasteiger partial charge in [0.25, 0.3) is 5.91 Å². The van der Waals surface area contributed by atoms with Crippen molar-refractivity contribution in [2.45, 2.75) is 13.0 Å². The summed E-state index contributed by atoms with van der Waals surface area (Å²) in [5, 5.41) is 0. The van der Waals surface area contributed by atoms with Crippen LogP contribution in [0.15, 0.2) is 42.5 Å². The Morgan fingerprint density at radius 3 is 2.60 bits per heavy atom. The predicted octanol–water partition coefficient (Wildman–Crippen LogP) is 3.18. The molecule has 3 rings (SSSR count). The number of rotatable bonds is 2. The molecule has 0 aliphatic carbocycles. The molecule has 1 heterocycles. The van der Waals surface area contributed by atoms with Crippen LogP contribution in [0.2, 0.25) is 0 Å². The van der Waals surface area contributed by atoms with Crippen molar-refractivity contribution >= 4 is 5.91 Å². The molecule has 0 bridgehead atoms. The van der Waals surface area contributed by atoms with Crippen LogP contribution in [0.4, 0.5) is 0 Å². The smallest absolute Gasteiger partial charge is 0.254 e. The molecule has 3 heteroatoms. The van der Waals surface area contributed by atoms with Crippen LogP contribution in [0.25, 0.3) is 0 Å². The third kappa shape index (κ3) is 1.78. The summed E-state index contributed by atoms with van der Waals surface area (Å²) in [6.45, 7) is 2.00. The van der Waals surface area contributed by atoms with Gasteiger partial charge in [0, 0.05) is 18.2 Å². The molecule has 102 valence electrons. The van der Waals surface area contributed by atoms with Crippen LogP contribution in [0.1, 0.15) is 33.1 Å². The van der Waals surface area contributed by atoms with Gasteiger partial charge in [-0.25, -0.2) is 0 Å². The van der Waals surface area contributed by atoms with E-state index in [-0.39, 0.29) is 11.9 Å². The highest BCUT2D eigenvalue weighted by Crippen LogP contribution is 2.40. The predicted molar refractivity (Wildman–Crippen MR) is 78.1 cm³/mol. The molecule has 0 spiro atoms. The first-order chi connectivity index (χ1) is 9.63. The van der Waals surface area contributed by atoms with E-state index in [9.17, 15) is 4.79 Å². The number of para-hydroxylation sites is 1. The second-order valence-corrected chi connectivity index (χ2v) is 5.15. The summed E-state index contributed by atoms with van der Waals surface area (Å²) in [7, 11) is 3.50. The number of benzene rings is 2. The maximum Gasteiger partial charge on any atom is 0.254 e. The summed E-state index contributed by atoms with van der Waals surface area (Å²) in [4.78, 5) is 14.2. The fourth-order valence-corrected chi connectivity index (χ4v) is 2.88. The topological polar surface area (TPSA) is 29.5 Å². The van der Waals surface area contributed by atoms with Crippen LogP contribution in [-0.2, 0) is 0 Å². The van der Waals surface area contributed by atoms with E-state index in [1.54, 1.807) is 12.0 Å². The van der Waals surface area contributed by atoms with E-state index in [1.165, 1.54) is 0 Å². The van der Waals surface area contributed by atoms with Crippen molar-refractivity contribution in [3.8, 4) is 5.75 Å². The third-order valence-corrected chi connectivity index (χ3v) is 3.87. The number of methoxy groups -OCH3 is 1. The van der Waals surface area contributed by atoms with Gasteiger partial charge in [-0.15, -0.1) is 0 Å². The molecule has 0 fully saturated rings. The Balaban J connectivity index is 2.18. The summed E-state index contributed by atoms with van der Waals surface area (Å²) < 4.78 is 5.44. The lowest BCUT2D eigenvalue weighted by Crippen LogP contribution is -2.24. The molecule has 0 aromatic heterocycles. The van der Waals surface area contributed by atoms with Gasteiger partial charge < -0.3 is 9.64 Å². The lowest BCUT2D eigenvalue weighted by Gasteiger charge is -2.23. The fraction of sp³-hybridized carbons (Fsp3) is 0.235. The van der Waals surface area contributed by atoms with Crippen LogP contribution in [-0.4, -0.2) is 25.0 Å². The average Bonchev–Trinajstić information content (AvgIpc) is 2.71. The quantitative estimate of drug-likeness (QED) is 0.836. The number of aryl methyl sites for hydroxylation is 1. The fourth-order valence-electron chi connectivity index (χ4n) is 2.88. The molecule has 0 saturated heterocycles. The normalized spacial score (nSPS) is 17.2. The lowest BCUT2D eigenvalue weighted by molar-refractivity contribution is 0.0792. The van der Waals surface area contributed by atoms with Gasteiger partial charge in [-0.2, -0.15) is 0 Å². The molecule has 1 atom stereocenters. The number of nitrogens with zero attached hydrogens (tertiary/aromatic N) is 1. The van der Waals surface area contributed by atoms with E-state index in [4.69, 9.17) is 4.74 Å². The molecule has 0 N–H and O–H groups in total. The zero-order chi connectivity index (χ0) is 14.3. The van der Waals surface area contributed by atoms with Crippen molar-refractivity contribution in [1.29, 1.82) is 0 Å². The standard InChI is InChI=1S/C17H17NO2/c1-11-8-9-12-14(10-11)17(19)18(2)16(12)13-6-4-5-7-15(13)20-3/h4-10,16H,1-3H3. The second kappa shape index (κ2) is 4.67. The van der Waals surface area contributed by atoms with Crippen molar-refractivity contribution in [3.63, 3.8) is 0 Å². The van der Waals surface area contributed by atoms with Gasteiger partial charge in [0.2, 0.25) is 0 Å². The summed E-state index contributed by atoms with van der Waals surface area (Å²) in [6.07, 6.45) is 0. The van der Waals surface area contributed by atoms with Crippen molar-refractivity contribution in [1.82, 2.24) is 4.90 Å². The Bertz CT molecular complexity index is 678. The van der Waals surface area contributed by atoms with Gasteiger partial charge in [-0.3, -0.25) is 4.79 Å². The Morgan fingerprint density at radius 2 is 1.85 bits per heavy atom. The van der Waals surface area contributed by atoms with Crippen molar-refractivity contribution in [2.24, 2.45) is 0 Å². The van der Waals surface area contributed by atoms with Crippen LogP contribution in [0.3, 0.4) is 0 Å². The number of amides is 1. The van der Waals surface area contributed by atoms with Gasteiger partial charge >= 0.3 is 0 Å². The number of carbonyl (C=O) groups excluding carboxylic acids is 1. The van der Waals surface area contributed by atoms with E-state index in [0.29, 0.717) is 0 Å². The molecule has 0 radical (unpaired) electrons. The SMILES string of the molecule is COc1ccccc1C1c2ccc(C)cc2C(=O)N1C. The Labute approximate surface area is 118 Å². The van der Waals surface area contributed by atoms with Gasteiger partial charge in [-0.1, -0.05) is 35.9 Å². The highest BCUT2D eigenvalue weighted by Gasteiger charge is 2.36. The van der Waals surface area contributed by atoms with E-state index < -0.39 is 0 Å². The summed E-state index contributed by atoms with van der Waals surface area (Å²) in [5.41, 5.74) is 3.97. The molecule has 3 nitrogen and oxygen atoms in total. The van der Waals surface area contributed by atoms with Crippen LogP contribution < -0.4 is 4.74 Å². The maximum atomic E-state index is 12.4. The lowest BCUT2D eigenvalue weighted by atomic mass is 9.96. The molecule has 1 aliphatic heterocycles. The molecule has 1 unspecified atom stereocenters. The van der Waals surface area contributed by atoms with Gasteiger partial charge in [0.1, 0.15) is 5.75 Å². The summed E-state index contributed by atoms with van der Waals surface area (Å²) >= 11 is 0. The first-order valence-electron chi connectivity index (χ1n) is 6.64. The Kier molecular flexibility index (Phi) is 2.97. The molecule has 20 heavy (non-hydrogen) atoms. The molecular formula is C17H17NO2. The maximum absolute atomic E-state index is 12.4. The number of carbonyl (C=O) groups is 1. The molecule has 2 aromatic rings. The Hall–Kier alpha value is -2.29. The highest BCUT2D eigenvalue weighted by atomic mass is 16.5. The van der Waals surface area contributed by atoms with Crippen LogP contribution in [0.5, 0.6) is 5.75 Å². The molecule has 0 saturated carbocycles. The van der Waals surface area contributed by atoms with Crippen molar-refractivity contribution < 1.29 is 9.53 Å². The van der Waals surface area contributed by atoms with E-state index >= 15 is 0 Å². The average molecular weight is 267 g/mol. The third-order valence-electron chi connectivity index (χ3n) is 3.87. The number of hydrogen-bond donors (Lipinski definition) is 0. The second-order valence-electron chi connectivity index (χ2n) is 5.15. The van der Waals surface area contributed by atoms with Gasteiger partial charge in [-0.05, 0) is 24.6 Å². The Morgan fingerprint density at radius 1 is 1.10 bits per heavy atom. The summed E-state index contributed by atoms with van der Waals surface area (Å²) in [5.74, 6) is 0.880. The van der Waals surface area contributed by atoms with E-state index in [1.807, 2.05) is 56.4 Å². The van der Waals surface area contributed by atoms with Crippen LogP contribution >= 0.6 is 0 Å². The molecule has 2 aromatic carbocycles. The number of hydrogen-bond acceptors (Lipinski definition) is 2. The zero-order valence-corrected chi connectivity index (χ0v) is 11.9. The van der Waals surface area contributed by atoms with Crippen LogP contribution in [0, 0.1) is 6.92 Å². The zero-order valence-electron chi connectivity index (χ0n) is 11.9. The van der Waals surface area contributed by atoms with E-state index in [0.717, 1.165) is 28.0 Å².